The van der Waals surface area contributed by atoms with E-state index in [1.54, 1.807) is 6.92 Å². The molecule has 0 spiro atoms. The molecule has 0 aliphatic carbocycles. The van der Waals surface area contributed by atoms with Gasteiger partial charge in [-0.1, -0.05) is 0 Å². The van der Waals surface area contributed by atoms with Crippen LogP contribution in [0.5, 0.6) is 5.75 Å². The number of benzene rings is 1. The predicted octanol–water partition coefficient (Wildman–Crippen LogP) is 1.93. The molecular weight excluding hydrogens is 249 g/mol. The molecule has 1 saturated heterocycles. The smallest absolute Gasteiger partial charge is 0.261 e. The lowest BCUT2D eigenvalue weighted by molar-refractivity contribution is -0.127. The van der Waals surface area contributed by atoms with Crippen LogP contribution in [0.15, 0.2) is 18.2 Å². The molecule has 1 aromatic rings. The molecular formula is C14H18FNO3. The van der Waals surface area contributed by atoms with Crippen LogP contribution < -0.4 is 10.1 Å². The highest BCUT2D eigenvalue weighted by molar-refractivity contribution is 5.81. The van der Waals surface area contributed by atoms with E-state index in [-0.39, 0.29) is 11.7 Å². The van der Waals surface area contributed by atoms with Gasteiger partial charge >= 0.3 is 0 Å². The number of aliphatic hydroxyl groups excluding tert-OH is 1. The summed E-state index contributed by atoms with van der Waals surface area (Å²) in [5, 5.41) is 12.4. The summed E-state index contributed by atoms with van der Waals surface area (Å²) < 4.78 is 18.9. The summed E-state index contributed by atoms with van der Waals surface area (Å²) in [4.78, 5) is 11.8. The van der Waals surface area contributed by atoms with Crippen LogP contribution in [0.25, 0.3) is 0 Å². The summed E-state index contributed by atoms with van der Waals surface area (Å²) in [6.45, 7) is 2.22. The van der Waals surface area contributed by atoms with Crippen molar-refractivity contribution < 1.29 is 19.0 Å². The zero-order chi connectivity index (χ0) is 13.8. The second kappa shape index (κ2) is 6.02. The van der Waals surface area contributed by atoms with Crippen LogP contribution >= 0.6 is 0 Å². The quantitative estimate of drug-likeness (QED) is 0.879. The van der Waals surface area contributed by atoms with E-state index in [1.807, 2.05) is 0 Å². The molecule has 2 N–H and O–H groups in total. The second-order valence-electron chi connectivity index (χ2n) is 4.75. The first-order chi connectivity index (χ1) is 9.08. The number of hydrogen-bond acceptors (Lipinski definition) is 3. The van der Waals surface area contributed by atoms with Crippen molar-refractivity contribution in [2.45, 2.75) is 38.4 Å². The molecule has 1 aliphatic heterocycles. The fraction of sp³-hybridized carbons (Fsp3) is 0.500. The van der Waals surface area contributed by atoms with Gasteiger partial charge < -0.3 is 15.2 Å². The maximum atomic E-state index is 13.3. The first-order valence-corrected chi connectivity index (χ1v) is 6.50. The molecule has 0 aromatic heterocycles. The Morgan fingerprint density at radius 1 is 1.47 bits per heavy atom. The van der Waals surface area contributed by atoms with E-state index < -0.39 is 18.0 Å². The molecule has 1 fully saturated rings. The van der Waals surface area contributed by atoms with Crippen molar-refractivity contribution in [1.29, 1.82) is 0 Å². The van der Waals surface area contributed by atoms with Crippen molar-refractivity contribution in [3.63, 3.8) is 0 Å². The largest absolute Gasteiger partial charge is 0.480 e. The summed E-state index contributed by atoms with van der Waals surface area (Å²) >= 11 is 0. The number of halogens is 1. The van der Waals surface area contributed by atoms with Gasteiger partial charge in [0, 0.05) is 18.2 Å². The minimum Gasteiger partial charge on any atom is -0.480 e. The van der Waals surface area contributed by atoms with Crippen LogP contribution in [0.2, 0.25) is 0 Å². The monoisotopic (exact) mass is 267 g/mol. The zero-order valence-electron chi connectivity index (χ0n) is 10.9. The fourth-order valence-corrected chi connectivity index (χ4v) is 2.13. The zero-order valence-corrected chi connectivity index (χ0v) is 10.9. The van der Waals surface area contributed by atoms with E-state index in [2.05, 4.69) is 5.32 Å². The summed E-state index contributed by atoms with van der Waals surface area (Å²) in [6, 6.07) is 3.95. The maximum Gasteiger partial charge on any atom is 0.261 e. The third kappa shape index (κ3) is 3.44. The highest BCUT2D eigenvalue weighted by Crippen LogP contribution is 2.28. The normalized spacial score (nSPS) is 21.4. The van der Waals surface area contributed by atoms with E-state index in [0.717, 1.165) is 12.8 Å². The number of ether oxygens (including phenoxy) is 1. The van der Waals surface area contributed by atoms with Crippen LogP contribution in [-0.2, 0) is 4.79 Å². The average molecular weight is 267 g/mol. The lowest BCUT2D eigenvalue weighted by atomic mass is 10.1. The van der Waals surface area contributed by atoms with Gasteiger partial charge in [-0.15, -0.1) is 0 Å². The van der Waals surface area contributed by atoms with Gasteiger partial charge in [-0.25, -0.2) is 4.39 Å². The van der Waals surface area contributed by atoms with Gasteiger partial charge in [0.05, 0.1) is 6.10 Å². The Labute approximate surface area is 111 Å². The number of aliphatic hydroxyl groups is 1. The van der Waals surface area contributed by atoms with Crippen LogP contribution in [-0.4, -0.2) is 23.7 Å². The van der Waals surface area contributed by atoms with Crippen molar-refractivity contribution in [2.75, 3.05) is 6.54 Å². The number of rotatable bonds is 3. The van der Waals surface area contributed by atoms with Gasteiger partial charge in [-0.05, 0) is 38.3 Å². The Bertz CT molecular complexity index is 462. The highest BCUT2D eigenvalue weighted by atomic mass is 19.1. The van der Waals surface area contributed by atoms with Crippen LogP contribution in [0.3, 0.4) is 0 Å². The third-order valence-electron chi connectivity index (χ3n) is 3.18. The molecule has 1 amide bonds. The Hall–Kier alpha value is -1.62. The molecule has 0 saturated carbocycles. The van der Waals surface area contributed by atoms with Crippen molar-refractivity contribution in [2.24, 2.45) is 0 Å². The van der Waals surface area contributed by atoms with Gasteiger partial charge in [0.25, 0.3) is 5.91 Å². The van der Waals surface area contributed by atoms with E-state index in [1.165, 1.54) is 18.2 Å². The van der Waals surface area contributed by atoms with Gasteiger partial charge in [0.1, 0.15) is 11.6 Å². The first kappa shape index (κ1) is 13.8. The summed E-state index contributed by atoms with van der Waals surface area (Å²) in [5.74, 6) is -0.399. The molecule has 0 radical (unpaired) electrons. The van der Waals surface area contributed by atoms with Crippen molar-refractivity contribution in [3.05, 3.63) is 29.6 Å². The maximum absolute atomic E-state index is 13.3. The molecule has 4 nitrogen and oxygen atoms in total. The van der Waals surface area contributed by atoms with Gasteiger partial charge in [0.15, 0.2) is 6.10 Å². The average Bonchev–Trinajstić information content (AvgIpc) is 2.55. The van der Waals surface area contributed by atoms with Crippen molar-refractivity contribution in [1.82, 2.24) is 5.32 Å². The Morgan fingerprint density at radius 2 is 2.26 bits per heavy atom. The standard InChI is InChI=1S/C14H18FNO3/c1-9(17)11-6-5-10(15)8-13(11)19-12-4-2-3-7-16-14(12)18/h5-6,8-9,12,17H,2-4,7H2,1H3,(H,16,18). The SMILES string of the molecule is CC(O)c1ccc(F)cc1OC1CCCCNC1=O. The minimum atomic E-state index is -0.774. The molecule has 5 heteroatoms. The van der Waals surface area contributed by atoms with Crippen LogP contribution in [0, 0.1) is 5.82 Å². The third-order valence-corrected chi connectivity index (χ3v) is 3.18. The number of amides is 1. The van der Waals surface area contributed by atoms with E-state index in [4.69, 9.17) is 4.74 Å². The number of nitrogens with one attached hydrogen (secondary N) is 1. The molecule has 0 bridgehead atoms. The molecule has 2 unspecified atom stereocenters. The van der Waals surface area contributed by atoms with Gasteiger partial charge in [0.2, 0.25) is 0 Å². The molecule has 2 rings (SSSR count). The molecule has 1 heterocycles. The summed E-state index contributed by atoms with van der Waals surface area (Å²) in [6.07, 6.45) is 0.994. The lowest BCUT2D eigenvalue weighted by Crippen LogP contribution is -2.36. The van der Waals surface area contributed by atoms with E-state index in [9.17, 15) is 14.3 Å². The Morgan fingerprint density at radius 3 is 3.00 bits per heavy atom. The lowest BCUT2D eigenvalue weighted by Gasteiger charge is -2.19. The second-order valence-corrected chi connectivity index (χ2v) is 4.75. The van der Waals surface area contributed by atoms with Gasteiger partial charge in [-0.3, -0.25) is 4.79 Å². The van der Waals surface area contributed by atoms with Crippen LogP contribution in [0.1, 0.15) is 37.9 Å². The number of carbonyl (C=O) groups is 1. The molecule has 1 aliphatic rings. The Kier molecular flexibility index (Phi) is 4.37. The van der Waals surface area contributed by atoms with Crippen LogP contribution in [0.4, 0.5) is 4.39 Å². The first-order valence-electron chi connectivity index (χ1n) is 6.50. The molecule has 2 atom stereocenters. The summed E-state index contributed by atoms with van der Waals surface area (Å²) in [7, 11) is 0. The number of carbonyl (C=O) groups excluding carboxylic acids is 1. The van der Waals surface area contributed by atoms with Gasteiger partial charge in [-0.2, -0.15) is 0 Å². The highest BCUT2D eigenvalue weighted by Gasteiger charge is 2.24. The fourth-order valence-electron chi connectivity index (χ4n) is 2.13. The Balaban J connectivity index is 2.21. The topological polar surface area (TPSA) is 58.6 Å². The molecule has 19 heavy (non-hydrogen) atoms. The van der Waals surface area contributed by atoms with E-state index in [0.29, 0.717) is 18.5 Å². The number of hydrogen-bond donors (Lipinski definition) is 2. The van der Waals surface area contributed by atoms with Crippen molar-refractivity contribution in [3.8, 4) is 5.75 Å². The van der Waals surface area contributed by atoms with E-state index >= 15 is 0 Å². The molecule has 1 aromatic carbocycles. The van der Waals surface area contributed by atoms with Crippen molar-refractivity contribution >= 4 is 5.91 Å². The molecule has 104 valence electrons. The minimum absolute atomic E-state index is 0.182. The predicted molar refractivity (Wildman–Crippen MR) is 68.3 cm³/mol. The summed E-state index contributed by atoms with van der Waals surface area (Å²) in [5.41, 5.74) is 0.485.